The fraction of sp³-hybridized carbons (Fsp3) is 0.692. The zero-order chi connectivity index (χ0) is 13.0. The van der Waals surface area contributed by atoms with Crippen LogP contribution in [0.25, 0.3) is 0 Å². The maximum absolute atomic E-state index is 11.9. The zero-order valence-electron chi connectivity index (χ0n) is 10.9. The van der Waals surface area contributed by atoms with E-state index in [1.54, 1.807) is 12.4 Å². The minimum absolute atomic E-state index is 0.0965. The summed E-state index contributed by atoms with van der Waals surface area (Å²) in [6, 6.07) is 0.729. The number of hydrogen-bond donors (Lipinski definition) is 2. The molecular weight excluding hydrogens is 228 g/mol. The first-order valence-corrected chi connectivity index (χ1v) is 6.78. The molecule has 0 unspecified atom stereocenters. The molecule has 2 rings (SSSR count). The molecule has 0 radical (unpaired) electrons. The minimum Gasteiger partial charge on any atom is -0.349 e. The van der Waals surface area contributed by atoms with E-state index in [2.05, 4.69) is 21.8 Å². The van der Waals surface area contributed by atoms with Crippen LogP contribution in [0.4, 0.5) is 5.82 Å². The van der Waals surface area contributed by atoms with Crippen molar-refractivity contribution in [2.45, 2.75) is 51.1 Å². The largest absolute Gasteiger partial charge is 0.349 e. The quantitative estimate of drug-likeness (QED) is 0.843. The lowest BCUT2D eigenvalue weighted by molar-refractivity contribution is 0.373. The van der Waals surface area contributed by atoms with Gasteiger partial charge in [0.25, 0.3) is 5.56 Å². The molecule has 0 bridgehead atoms. The van der Waals surface area contributed by atoms with Crippen LogP contribution in [-0.4, -0.2) is 28.6 Å². The van der Waals surface area contributed by atoms with Gasteiger partial charge in [0.15, 0.2) is 5.82 Å². The monoisotopic (exact) mass is 250 g/mol. The van der Waals surface area contributed by atoms with Crippen LogP contribution in [0.3, 0.4) is 0 Å². The first kappa shape index (κ1) is 13.1. The Hall–Kier alpha value is -1.36. The maximum atomic E-state index is 11.9. The Morgan fingerprint density at radius 3 is 2.78 bits per heavy atom. The Morgan fingerprint density at radius 1 is 1.44 bits per heavy atom. The maximum Gasteiger partial charge on any atom is 0.290 e. The molecule has 1 saturated carbocycles. The van der Waals surface area contributed by atoms with Crippen LogP contribution >= 0.6 is 0 Å². The molecule has 1 aliphatic rings. The van der Waals surface area contributed by atoms with Gasteiger partial charge in [-0.15, -0.1) is 0 Å². The molecular formula is C13H22N4O. The van der Waals surface area contributed by atoms with E-state index in [1.807, 2.05) is 0 Å². The van der Waals surface area contributed by atoms with Gasteiger partial charge in [-0.25, -0.2) is 4.98 Å². The summed E-state index contributed by atoms with van der Waals surface area (Å²) in [5, 5.41) is 0. The van der Waals surface area contributed by atoms with E-state index in [1.165, 1.54) is 0 Å². The molecule has 1 aromatic heterocycles. The van der Waals surface area contributed by atoms with Crippen LogP contribution in [0.2, 0.25) is 0 Å². The van der Waals surface area contributed by atoms with Crippen LogP contribution in [0.1, 0.15) is 39.0 Å². The highest BCUT2D eigenvalue weighted by atomic mass is 16.1. The Balaban J connectivity index is 2.18. The van der Waals surface area contributed by atoms with Crippen molar-refractivity contribution in [2.24, 2.45) is 5.73 Å². The number of aromatic nitrogens is 2. The fourth-order valence-corrected chi connectivity index (χ4v) is 2.66. The molecule has 5 nitrogen and oxygen atoms in total. The number of nitrogens with two attached hydrogens (primary N) is 1. The molecule has 0 aliphatic heterocycles. The third-order valence-electron chi connectivity index (χ3n) is 3.61. The summed E-state index contributed by atoms with van der Waals surface area (Å²) in [6.45, 7) is 3.00. The fourth-order valence-electron chi connectivity index (χ4n) is 2.66. The average Bonchev–Trinajstić information content (AvgIpc) is 2.38. The third-order valence-corrected chi connectivity index (χ3v) is 3.61. The standard InChI is InChI=1S/C13H22N4O/c1-2-9-17(11-5-3-10(14)4-6-11)12-13(18)16-8-7-15-12/h7-8,10-11H,2-6,9,14H2,1H3,(H,16,18). The molecule has 18 heavy (non-hydrogen) atoms. The molecule has 1 fully saturated rings. The highest BCUT2D eigenvalue weighted by Crippen LogP contribution is 2.24. The lowest BCUT2D eigenvalue weighted by atomic mass is 9.90. The van der Waals surface area contributed by atoms with Gasteiger partial charge in [0, 0.05) is 31.0 Å². The highest BCUT2D eigenvalue weighted by Gasteiger charge is 2.26. The number of nitrogens with zero attached hydrogens (tertiary/aromatic N) is 2. The topological polar surface area (TPSA) is 75.0 Å². The van der Waals surface area contributed by atoms with Crippen LogP contribution in [-0.2, 0) is 0 Å². The van der Waals surface area contributed by atoms with E-state index in [0.717, 1.165) is 38.6 Å². The smallest absolute Gasteiger partial charge is 0.290 e. The van der Waals surface area contributed by atoms with Gasteiger partial charge >= 0.3 is 0 Å². The summed E-state index contributed by atoms with van der Waals surface area (Å²) >= 11 is 0. The lowest BCUT2D eigenvalue weighted by Gasteiger charge is -2.36. The Labute approximate surface area is 107 Å². The van der Waals surface area contributed by atoms with Crippen molar-refractivity contribution >= 4 is 5.82 Å². The molecule has 0 aromatic carbocycles. The lowest BCUT2D eigenvalue weighted by Crippen LogP contribution is -2.44. The van der Waals surface area contributed by atoms with Gasteiger partial charge in [-0.05, 0) is 32.1 Å². The zero-order valence-corrected chi connectivity index (χ0v) is 10.9. The Bertz CT molecular complexity index is 423. The van der Waals surface area contributed by atoms with Gasteiger partial charge in [0.05, 0.1) is 0 Å². The van der Waals surface area contributed by atoms with E-state index in [9.17, 15) is 4.79 Å². The average molecular weight is 250 g/mol. The highest BCUT2D eigenvalue weighted by molar-refractivity contribution is 5.36. The van der Waals surface area contributed by atoms with Gasteiger partial charge in [-0.2, -0.15) is 0 Å². The number of rotatable bonds is 4. The van der Waals surface area contributed by atoms with Gasteiger partial charge < -0.3 is 15.6 Å². The SMILES string of the molecule is CCCN(c1ncc[nH]c1=O)C1CCC(N)CC1. The van der Waals surface area contributed by atoms with Crippen LogP contribution in [0.15, 0.2) is 17.2 Å². The first-order chi connectivity index (χ1) is 8.72. The third kappa shape index (κ3) is 2.90. The second kappa shape index (κ2) is 6.00. The molecule has 0 spiro atoms. The molecule has 100 valence electrons. The molecule has 0 amide bonds. The minimum atomic E-state index is -0.0965. The van der Waals surface area contributed by atoms with E-state index in [4.69, 9.17) is 5.73 Å². The summed E-state index contributed by atoms with van der Waals surface area (Å²) in [5.74, 6) is 0.555. The number of nitrogens with one attached hydrogen (secondary N) is 1. The van der Waals surface area contributed by atoms with Crippen molar-refractivity contribution in [1.29, 1.82) is 0 Å². The molecule has 1 heterocycles. The van der Waals surface area contributed by atoms with Crippen LogP contribution < -0.4 is 16.2 Å². The summed E-state index contributed by atoms with van der Waals surface area (Å²) in [5.41, 5.74) is 5.84. The number of aromatic amines is 1. The van der Waals surface area contributed by atoms with Crippen molar-refractivity contribution in [3.8, 4) is 0 Å². The van der Waals surface area contributed by atoms with Gasteiger partial charge in [-0.3, -0.25) is 4.79 Å². The Morgan fingerprint density at radius 2 is 2.17 bits per heavy atom. The number of anilines is 1. The predicted molar refractivity (Wildman–Crippen MR) is 72.7 cm³/mol. The number of H-pyrrole nitrogens is 1. The van der Waals surface area contributed by atoms with Gasteiger partial charge in [0.1, 0.15) is 0 Å². The number of hydrogen-bond acceptors (Lipinski definition) is 4. The first-order valence-electron chi connectivity index (χ1n) is 6.78. The molecule has 5 heteroatoms. The summed E-state index contributed by atoms with van der Waals surface area (Å²) in [6.07, 6.45) is 8.42. The van der Waals surface area contributed by atoms with Crippen LogP contribution in [0.5, 0.6) is 0 Å². The van der Waals surface area contributed by atoms with Gasteiger partial charge in [0.2, 0.25) is 0 Å². The van der Waals surface area contributed by atoms with Crippen molar-refractivity contribution < 1.29 is 0 Å². The van der Waals surface area contributed by atoms with Crippen LogP contribution in [0, 0.1) is 0 Å². The van der Waals surface area contributed by atoms with Crippen molar-refractivity contribution in [1.82, 2.24) is 9.97 Å². The van der Waals surface area contributed by atoms with E-state index in [0.29, 0.717) is 17.9 Å². The Kier molecular flexibility index (Phi) is 4.36. The van der Waals surface area contributed by atoms with E-state index in [-0.39, 0.29) is 5.56 Å². The van der Waals surface area contributed by atoms with Crippen molar-refractivity contribution in [3.63, 3.8) is 0 Å². The molecule has 3 N–H and O–H groups in total. The van der Waals surface area contributed by atoms with Crippen molar-refractivity contribution in [2.75, 3.05) is 11.4 Å². The predicted octanol–water partition coefficient (Wildman–Crippen LogP) is 1.26. The molecule has 1 aliphatic carbocycles. The van der Waals surface area contributed by atoms with Crippen molar-refractivity contribution in [3.05, 3.63) is 22.7 Å². The molecule has 0 saturated heterocycles. The summed E-state index contributed by atoms with van der Waals surface area (Å²) < 4.78 is 0. The summed E-state index contributed by atoms with van der Waals surface area (Å²) in [7, 11) is 0. The van der Waals surface area contributed by atoms with Gasteiger partial charge in [-0.1, -0.05) is 6.92 Å². The summed E-state index contributed by atoms with van der Waals surface area (Å²) in [4.78, 5) is 21.0. The van der Waals surface area contributed by atoms with E-state index >= 15 is 0 Å². The molecule has 1 aromatic rings. The second-order valence-electron chi connectivity index (χ2n) is 5.00. The molecule has 0 atom stereocenters. The van der Waals surface area contributed by atoms with E-state index < -0.39 is 0 Å². The second-order valence-corrected chi connectivity index (χ2v) is 5.00. The normalized spacial score (nSPS) is 23.9.